The maximum Gasteiger partial charge on any atom is 0.389 e. The Labute approximate surface area is 183 Å². The maximum atomic E-state index is 13.3. The first-order valence-corrected chi connectivity index (χ1v) is 12.8. The molecule has 0 heterocycles. The zero-order chi connectivity index (χ0) is 20.6. The van der Waals surface area contributed by atoms with Gasteiger partial charge in [0.15, 0.2) is 0 Å². The van der Waals surface area contributed by atoms with Crippen molar-refractivity contribution in [2.45, 2.75) is 105 Å². The summed E-state index contributed by atoms with van der Waals surface area (Å²) in [5.74, 6) is 6.98. The number of alkyl halides is 3. The summed E-state index contributed by atoms with van der Waals surface area (Å²) >= 11 is 0. The van der Waals surface area contributed by atoms with Crippen molar-refractivity contribution in [3.63, 3.8) is 0 Å². The number of hydrogen-bond acceptors (Lipinski definition) is 0. The SMILES string of the molecule is C.CCCC1C(CC(F)(F)F)CCC2C1CCC1(C)C(CCC3CC3)C3C(C21)[C@@H]3C. The van der Waals surface area contributed by atoms with Crippen molar-refractivity contribution in [1.82, 2.24) is 0 Å². The summed E-state index contributed by atoms with van der Waals surface area (Å²) in [4.78, 5) is 0. The fraction of sp³-hybridized carbons (Fsp3) is 1.00. The minimum atomic E-state index is -4.00. The first kappa shape index (κ1) is 23.0. The predicted octanol–water partition coefficient (Wildman–Crippen LogP) is 8.75. The summed E-state index contributed by atoms with van der Waals surface area (Å²) in [6.45, 7) is 7.27. The monoisotopic (exact) mass is 426 g/mol. The van der Waals surface area contributed by atoms with Crippen molar-refractivity contribution in [3.8, 4) is 0 Å². The molecule has 174 valence electrons. The summed E-state index contributed by atoms with van der Waals surface area (Å²) in [6.07, 6.45) is 7.75. The van der Waals surface area contributed by atoms with Crippen molar-refractivity contribution in [2.24, 2.45) is 64.6 Å². The lowest BCUT2D eigenvalue weighted by Crippen LogP contribution is -2.49. The smallest absolute Gasteiger partial charge is 0.171 e. The van der Waals surface area contributed by atoms with Gasteiger partial charge in [0.25, 0.3) is 0 Å². The van der Waals surface area contributed by atoms with E-state index in [9.17, 15) is 13.2 Å². The van der Waals surface area contributed by atoms with Gasteiger partial charge in [-0.1, -0.05) is 60.3 Å². The Morgan fingerprint density at radius 1 is 0.900 bits per heavy atom. The third-order valence-electron chi connectivity index (χ3n) is 10.8. The molecule has 3 heteroatoms. The summed E-state index contributed by atoms with van der Waals surface area (Å²) < 4.78 is 39.8. The first-order valence-electron chi connectivity index (χ1n) is 12.8. The molecule has 5 saturated carbocycles. The molecule has 9 unspecified atom stereocenters. The fourth-order valence-electron chi connectivity index (χ4n) is 9.51. The molecule has 5 aliphatic rings. The number of fused-ring (bicyclic) bond motifs is 5. The molecular weight excluding hydrogens is 381 g/mol. The van der Waals surface area contributed by atoms with Crippen LogP contribution in [0, 0.1) is 64.6 Å². The molecule has 0 amide bonds. The van der Waals surface area contributed by atoms with Crippen molar-refractivity contribution in [3.05, 3.63) is 0 Å². The molecule has 10 atom stereocenters. The van der Waals surface area contributed by atoms with E-state index in [0.29, 0.717) is 17.3 Å². The lowest BCUT2D eigenvalue weighted by Gasteiger charge is -2.56. The average molecular weight is 427 g/mol. The standard InChI is InChI=1S/C26H41F3.CH4/c1-4-5-18-17(14-26(27,28)29)9-10-20-19(18)12-13-25(3)21(11-8-16-6-7-16)22-15(2)23(22)24(20)25;/h15-24H,4-14H2,1-3H3;1H4/t15-,17?,18?,19?,20?,21?,22?,23?,24?,25?;/m1./s1. The van der Waals surface area contributed by atoms with E-state index in [1.54, 1.807) is 0 Å². The van der Waals surface area contributed by atoms with Crippen LogP contribution in [0.5, 0.6) is 0 Å². The van der Waals surface area contributed by atoms with Crippen LogP contribution in [0.15, 0.2) is 0 Å². The van der Waals surface area contributed by atoms with Gasteiger partial charge in [-0.2, -0.15) is 13.2 Å². The Balaban J connectivity index is 0.00000218. The van der Waals surface area contributed by atoms with Crippen LogP contribution in [0.2, 0.25) is 0 Å². The van der Waals surface area contributed by atoms with Crippen LogP contribution < -0.4 is 0 Å². The summed E-state index contributed by atoms with van der Waals surface area (Å²) in [5, 5.41) is 0. The highest BCUT2D eigenvalue weighted by Gasteiger charge is 2.72. The zero-order valence-electron chi connectivity index (χ0n) is 18.7. The molecule has 0 bridgehead atoms. The Morgan fingerprint density at radius 2 is 1.63 bits per heavy atom. The van der Waals surface area contributed by atoms with Crippen LogP contribution in [0.25, 0.3) is 0 Å². The lowest BCUT2D eigenvalue weighted by molar-refractivity contribution is -0.162. The number of rotatable bonds is 6. The lowest BCUT2D eigenvalue weighted by atomic mass is 9.48. The van der Waals surface area contributed by atoms with E-state index in [1.807, 2.05) is 0 Å². The van der Waals surface area contributed by atoms with Crippen LogP contribution in [0.1, 0.15) is 98.8 Å². The van der Waals surface area contributed by atoms with E-state index in [4.69, 9.17) is 0 Å². The van der Waals surface area contributed by atoms with Crippen LogP contribution in [-0.2, 0) is 0 Å². The molecule has 0 spiro atoms. The topological polar surface area (TPSA) is 0 Å². The Morgan fingerprint density at radius 3 is 2.27 bits per heavy atom. The Hall–Kier alpha value is -0.210. The Kier molecular flexibility index (Phi) is 6.11. The minimum absolute atomic E-state index is 0. The summed E-state index contributed by atoms with van der Waals surface area (Å²) in [6, 6.07) is 0. The molecule has 5 rings (SSSR count). The van der Waals surface area contributed by atoms with Crippen LogP contribution >= 0.6 is 0 Å². The predicted molar refractivity (Wildman–Crippen MR) is 118 cm³/mol. The van der Waals surface area contributed by atoms with Crippen LogP contribution in [-0.4, -0.2) is 6.18 Å². The second kappa shape index (κ2) is 7.98. The van der Waals surface area contributed by atoms with Crippen LogP contribution in [0.4, 0.5) is 13.2 Å². The third kappa shape index (κ3) is 3.76. The van der Waals surface area contributed by atoms with Gasteiger partial charge in [-0.15, -0.1) is 0 Å². The average Bonchev–Trinajstić information content (AvgIpc) is 3.54. The number of halogens is 3. The van der Waals surface area contributed by atoms with Gasteiger partial charge < -0.3 is 0 Å². The largest absolute Gasteiger partial charge is 0.389 e. The highest BCUT2D eigenvalue weighted by Crippen LogP contribution is 2.77. The molecule has 0 aliphatic heterocycles. The molecule has 5 aliphatic carbocycles. The van der Waals surface area contributed by atoms with E-state index in [0.717, 1.165) is 67.1 Å². The second-order valence-corrected chi connectivity index (χ2v) is 12.1. The zero-order valence-corrected chi connectivity index (χ0v) is 18.7. The molecular formula is C27H45F3. The van der Waals surface area contributed by atoms with E-state index >= 15 is 0 Å². The molecule has 0 aromatic carbocycles. The maximum absolute atomic E-state index is 13.3. The molecule has 0 saturated heterocycles. The van der Waals surface area contributed by atoms with Crippen molar-refractivity contribution in [1.29, 1.82) is 0 Å². The Bertz CT molecular complexity index is 608. The molecule has 0 N–H and O–H groups in total. The van der Waals surface area contributed by atoms with Gasteiger partial charge in [0.05, 0.1) is 0 Å². The summed E-state index contributed by atoms with van der Waals surface area (Å²) in [5.41, 5.74) is 0.492. The van der Waals surface area contributed by atoms with Crippen molar-refractivity contribution in [2.75, 3.05) is 0 Å². The minimum Gasteiger partial charge on any atom is -0.171 e. The van der Waals surface area contributed by atoms with Gasteiger partial charge in [0.2, 0.25) is 0 Å². The van der Waals surface area contributed by atoms with E-state index in [-0.39, 0.29) is 13.3 Å². The molecule has 0 nitrogen and oxygen atoms in total. The third-order valence-corrected chi connectivity index (χ3v) is 10.8. The molecule has 0 aromatic rings. The van der Waals surface area contributed by atoms with Gasteiger partial charge in [-0.25, -0.2) is 0 Å². The highest BCUT2D eigenvalue weighted by atomic mass is 19.4. The van der Waals surface area contributed by atoms with E-state index in [2.05, 4.69) is 20.8 Å². The first-order chi connectivity index (χ1) is 13.7. The molecule has 0 aromatic heterocycles. The van der Waals surface area contributed by atoms with Gasteiger partial charge in [0.1, 0.15) is 0 Å². The van der Waals surface area contributed by atoms with E-state index < -0.39 is 12.6 Å². The van der Waals surface area contributed by atoms with Crippen molar-refractivity contribution < 1.29 is 13.2 Å². The molecule has 5 fully saturated rings. The highest BCUT2D eigenvalue weighted by molar-refractivity contribution is 5.19. The second-order valence-electron chi connectivity index (χ2n) is 12.1. The quantitative estimate of drug-likeness (QED) is 0.398. The number of hydrogen-bond donors (Lipinski definition) is 0. The summed E-state index contributed by atoms with van der Waals surface area (Å²) in [7, 11) is 0. The van der Waals surface area contributed by atoms with E-state index in [1.165, 1.54) is 38.5 Å². The van der Waals surface area contributed by atoms with Crippen LogP contribution in [0.3, 0.4) is 0 Å². The van der Waals surface area contributed by atoms with Gasteiger partial charge in [0, 0.05) is 6.42 Å². The normalized spacial score (nSPS) is 49.6. The molecule has 30 heavy (non-hydrogen) atoms. The van der Waals surface area contributed by atoms with Gasteiger partial charge in [-0.3, -0.25) is 0 Å². The van der Waals surface area contributed by atoms with Gasteiger partial charge >= 0.3 is 6.18 Å². The fourth-order valence-corrected chi connectivity index (χ4v) is 9.51. The molecule has 0 radical (unpaired) electrons. The van der Waals surface area contributed by atoms with Gasteiger partial charge in [-0.05, 0) is 96.7 Å². The van der Waals surface area contributed by atoms with Crippen molar-refractivity contribution >= 4 is 0 Å².